The largest absolute Gasteiger partial charge is 0.454 e. The van der Waals surface area contributed by atoms with Crippen molar-refractivity contribution in [2.24, 2.45) is 0 Å². The van der Waals surface area contributed by atoms with Crippen LogP contribution in [0.15, 0.2) is 41.3 Å². The van der Waals surface area contributed by atoms with Gasteiger partial charge in [-0.25, -0.2) is 14.3 Å². The van der Waals surface area contributed by atoms with Gasteiger partial charge in [0, 0.05) is 12.3 Å². The third kappa shape index (κ3) is 1.43. The summed E-state index contributed by atoms with van der Waals surface area (Å²) < 4.78 is 12.1. The molecule has 3 aromatic rings. The first-order valence-electron chi connectivity index (χ1n) is 5.79. The Kier molecular flexibility index (Phi) is 1.94. The number of benzene rings is 1. The van der Waals surface area contributed by atoms with E-state index in [0.717, 1.165) is 0 Å². The summed E-state index contributed by atoms with van der Waals surface area (Å²) in [6.07, 6.45) is 1.65. The minimum atomic E-state index is -0.229. The normalized spacial score (nSPS) is 13.1. The standard InChI is InChI=1S/C13H9N3O3/c17-13-15-9-2-1-5-14-12(9)16(13)8-3-4-10-11(6-8)19-7-18-10/h1-6H,7H2,(H,15,17). The molecule has 0 unspecified atom stereocenters. The van der Waals surface area contributed by atoms with Gasteiger partial charge in [-0.15, -0.1) is 0 Å². The van der Waals surface area contributed by atoms with Gasteiger partial charge in [-0.2, -0.15) is 0 Å². The molecule has 0 amide bonds. The molecule has 1 aromatic carbocycles. The molecule has 1 N–H and O–H groups in total. The van der Waals surface area contributed by atoms with Gasteiger partial charge in [-0.3, -0.25) is 0 Å². The minimum absolute atomic E-state index is 0.208. The number of aromatic amines is 1. The Morgan fingerprint density at radius 1 is 1.21 bits per heavy atom. The van der Waals surface area contributed by atoms with Crippen molar-refractivity contribution in [3.05, 3.63) is 47.0 Å². The van der Waals surface area contributed by atoms with Crippen molar-refractivity contribution in [3.63, 3.8) is 0 Å². The lowest BCUT2D eigenvalue weighted by Crippen LogP contribution is -2.14. The number of aromatic nitrogens is 3. The Bertz CT molecular complexity index is 835. The van der Waals surface area contributed by atoms with Crippen LogP contribution in [0.25, 0.3) is 16.9 Å². The van der Waals surface area contributed by atoms with Crippen LogP contribution < -0.4 is 15.2 Å². The van der Waals surface area contributed by atoms with Gasteiger partial charge in [0.1, 0.15) is 0 Å². The summed E-state index contributed by atoms with van der Waals surface area (Å²) in [4.78, 5) is 19.0. The fourth-order valence-corrected chi connectivity index (χ4v) is 2.20. The number of hydrogen-bond donors (Lipinski definition) is 1. The van der Waals surface area contributed by atoms with E-state index in [9.17, 15) is 4.79 Å². The van der Waals surface area contributed by atoms with E-state index in [0.29, 0.717) is 28.4 Å². The lowest BCUT2D eigenvalue weighted by molar-refractivity contribution is 0.174. The zero-order valence-electron chi connectivity index (χ0n) is 9.79. The van der Waals surface area contributed by atoms with Crippen molar-refractivity contribution >= 4 is 11.2 Å². The number of ether oxygens (including phenoxy) is 2. The highest BCUT2D eigenvalue weighted by Crippen LogP contribution is 2.33. The molecule has 1 aliphatic rings. The molecule has 2 aromatic heterocycles. The third-order valence-corrected chi connectivity index (χ3v) is 3.06. The van der Waals surface area contributed by atoms with Crippen molar-refractivity contribution in [1.82, 2.24) is 14.5 Å². The molecular weight excluding hydrogens is 246 g/mol. The lowest BCUT2D eigenvalue weighted by atomic mass is 10.2. The SMILES string of the molecule is O=c1[nH]c2cccnc2n1-c1ccc2c(c1)OCO2. The van der Waals surface area contributed by atoms with Gasteiger partial charge in [-0.05, 0) is 24.3 Å². The second kappa shape index (κ2) is 3.61. The van der Waals surface area contributed by atoms with E-state index in [-0.39, 0.29) is 12.5 Å². The molecule has 0 saturated heterocycles. The van der Waals surface area contributed by atoms with Crippen LogP contribution in [0, 0.1) is 0 Å². The number of imidazole rings is 1. The topological polar surface area (TPSA) is 69.1 Å². The molecule has 0 radical (unpaired) electrons. The van der Waals surface area contributed by atoms with Crippen LogP contribution in [0.1, 0.15) is 0 Å². The molecule has 0 fully saturated rings. The molecule has 3 heterocycles. The summed E-state index contributed by atoms with van der Waals surface area (Å²) in [6.45, 7) is 0.208. The van der Waals surface area contributed by atoms with Crippen molar-refractivity contribution in [1.29, 1.82) is 0 Å². The third-order valence-electron chi connectivity index (χ3n) is 3.06. The van der Waals surface area contributed by atoms with Gasteiger partial charge in [0.25, 0.3) is 0 Å². The predicted octanol–water partition coefficient (Wildman–Crippen LogP) is 1.44. The fourth-order valence-electron chi connectivity index (χ4n) is 2.20. The molecule has 0 aliphatic carbocycles. The summed E-state index contributed by atoms with van der Waals surface area (Å²) in [6, 6.07) is 8.95. The fraction of sp³-hybridized carbons (Fsp3) is 0.0769. The smallest absolute Gasteiger partial charge is 0.332 e. The van der Waals surface area contributed by atoms with Crippen LogP contribution >= 0.6 is 0 Å². The highest BCUT2D eigenvalue weighted by Gasteiger charge is 2.16. The molecular formula is C13H9N3O3. The van der Waals surface area contributed by atoms with Gasteiger partial charge in [0.2, 0.25) is 6.79 Å². The molecule has 1 aliphatic heterocycles. The van der Waals surface area contributed by atoms with Crippen LogP contribution in [0.5, 0.6) is 11.5 Å². The molecule has 6 nitrogen and oxygen atoms in total. The number of fused-ring (bicyclic) bond motifs is 2. The number of pyridine rings is 1. The summed E-state index contributed by atoms with van der Waals surface area (Å²) in [5, 5.41) is 0. The van der Waals surface area contributed by atoms with Gasteiger partial charge in [0.15, 0.2) is 17.1 Å². The average molecular weight is 255 g/mol. The maximum Gasteiger partial charge on any atom is 0.332 e. The van der Waals surface area contributed by atoms with Gasteiger partial charge in [0.05, 0.1) is 11.2 Å². The molecule has 6 heteroatoms. The average Bonchev–Trinajstić information content (AvgIpc) is 3.00. The highest BCUT2D eigenvalue weighted by molar-refractivity contribution is 5.72. The summed E-state index contributed by atoms with van der Waals surface area (Å²) in [5.74, 6) is 1.32. The van der Waals surface area contributed by atoms with E-state index in [1.807, 2.05) is 6.07 Å². The highest BCUT2D eigenvalue weighted by atomic mass is 16.7. The summed E-state index contributed by atoms with van der Waals surface area (Å²) in [7, 11) is 0. The van der Waals surface area contributed by atoms with Crippen LogP contribution in [0.3, 0.4) is 0 Å². The van der Waals surface area contributed by atoms with E-state index in [4.69, 9.17) is 9.47 Å². The lowest BCUT2D eigenvalue weighted by Gasteiger charge is -2.03. The predicted molar refractivity (Wildman–Crippen MR) is 67.8 cm³/mol. The summed E-state index contributed by atoms with van der Waals surface area (Å²) >= 11 is 0. The first kappa shape index (κ1) is 10.2. The van der Waals surface area contributed by atoms with E-state index < -0.39 is 0 Å². The zero-order chi connectivity index (χ0) is 12.8. The Morgan fingerprint density at radius 2 is 2.11 bits per heavy atom. The van der Waals surface area contributed by atoms with Gasteiger partial charge in [-0.1, -0.05) is 0 Å². The Labute approximate surface area is 107 Å². The van der Waals surface area contributed by atoms with Crippen LogP contribution in [-0.2, 0) is 0 Å². The monoisotopic (exact) mass is 255 g/mol. The second-order valence-electron chi connectivity index (χ2n) is 4.18. The Balaban J connectivity index is 2.00. The molecule has 94 valence electrons. The van der Waals surface area contributed by atoms with E-state index in [2.05, 4.69) is 9.97 Å². The van der Waals surface area contributed by atoms with Crippen LogP contribution in [0.2, 0.25) is 0 Å². The number of nitrogens with zero attached hydrogens (tertiary/aromatic N) is 2. The van der Waals surface area contributed by atoms with Crippen molar-refractivity contribution < 1.29 is 9.47 Å². The first-order chi connectivity index (χ1) is 9.33. The van der Waals surface area contributed by atoms with Crippen LogP contribution in [0.4, 0.5) is 0 Å². The van der Waals surface area contributed by atoms with Crippen LogP contribution in [-0.4, -0.2) is 21.3 Å². The molecule has 0 atom stereocenters. The number of rotatable bonds is 1. The Hall–Kier alpha value is -2.76. The molecule has 19 heavy (non-hydrogen) atoms. The van der Waals surface area contributed by atoms with Crippen molar-refractivity contribution in [2.45, 2.75) is 0 Å². The van der Waals surface area contributed by atoms with E-state index in [1.165, 1.54) is 4.57 Å². The molecule has 0 saturated carbocycles. The van der Waals surface area contributed by atoms with Crippen molar-refractivity contribution in [2.75, 3.05) is 6.79 Å². The summed E-state index contributed by atoms with van der Waals surface area (Å²) in [5.41, 5.74) is 1.75. The Morgan fingerprint density at radius 3 is 3.05 bits per heavy atom. The van der Waals surface area contributed by atoms with Crippen molar-refractivity contribution in [3.8, 4) is 17.2 Å². The zero-order valence-corrected chi connectivity index (χ0v) is 9.79. The molecule has 0 spiro atoms. The second-order valence-corrected chi connectivity index (χ2v) is 4.18. The van der Waals surface area contributed by atoms with E-state index >= 15 is 0 Å². The number of nitrogens with one attached hydrogen (secondary N) is 1. The van der Waals surface area contributed by atoms with Gasteiger partial charge >= 0.3 is 5.69 Å². The number of H-pyrrole nitrogens is 1. The molecule has 0 bridgehead atoms. The quantitative estimate of drug-likeness (QED) is 0.714. The van der Waals surface area contributed by atoms with Gasteiger partial charge < -0.3 is 14.5 Å². The minimum Gasteiger partial charge on any atom is -0.454 e. The van der Waals surface area contributed by atoms with E-state index in [1.54, 1.807) is 30.5 Å². The maximum atomic E-state index is 12.0. The maximum absolute atomic E-state index is 12.0. The first-order valence-corrected chi connectivity index (χ1v) is 5.79. The molecule has 4 rings (SSSR count). The number of hydrogen-bond acceptors (Lipinski definition) is 4.